The zero-order chi connectivity index (χ0) is 10.0. The summed E-state index contributed by atoms with van der Waals surface area (Å²) in [5.74, 6) is -1.47. The number of hydrogen-bond donors (Lipinski definition) is 1. The molecule has 1 fully saturated rings. The number of esters is 1. The van der Waals surface area contributed by atoms with Crippen LogP contribution in [0.1, 0.15) is 26.7 Å². The van der Waals surface area contributed by atoms with Gasteiger partial charge in [-0.25, -0.2) is 0 Å². The van der Waals surface area contributed by atoms with Crippen LogP contribution in [0.2, 0.25) is 0 Å². The Kier molecular flexibility index (Phi) is 2.90. The smallest absolute Gasteiger partial charge is 0.309 e. The number of carboxylic acids is 1. The second-order valence-corrected chi connectivity index (χ2v) is 3.75. The quantitative estimate of drug-likeness (QED) is 0.669. The van der Waals surface area contributed by atoms with Crippen molar-refractivity contribution in [1.82, 2.24) is 0 Å². The van der Waals surface area contributed by atoms with Crippen LogP contribution in [0.4, 0.5) is 0 Å². The largest absolute Gasteiger partial charge is 0.481 e. The Morgan fingerprint density at radius 2 is 2.31 bits per heavy atom. The number of cyclic esters (lactones) is 1. The van der Waals surface area contributed by atoms with Crippen molar-refractivity contribution in [3.05, 3.63) is 0 Å². The van der Waals surface area contributed by atoms with Crippen molar-refractivity contribution in [3.63, 3.8) is 0 Å². The molecule has 0 saturated carbocycles. The molecule has 0 spiro atoms. The first-order chi connectivity index (χ1) is 6.00. The molecule has 0 amide bonds. The molecule has 0 radical (unpaired) electrons. The Hall–Kier alpha value is -1.06. The van der Waals surface area contributed by atoms with E-state index in [-0.39, 0.29) is 24.4 Å². The van der Waals surface area contributed by atoms with Crippen LogP contribution in [0.15, 0.2) is 0 Å². The second-order valence-electron chi connectivity index (χ2n) is 3.75. The van der Waals surface area contributed by atoms with E-state index in [4.69, 9.17) is 9.84 Å². The van der Waals surface area contributed by atoms with E-state index in [1.54, 1.807) is 0 Å². The lowest BCUT2D eigenvalue weighted by Crippen LogP contribution is -2.13. The first-order valence-corrected chi connectivity index (χ1v) is 4.43. The lowest BCUT2D eigenvalue weighted by molar-refractivity contribution is -0.149. The molecule has 0 aromatic heterocycles. The molecule has 2 atom stereocenters. The standard InChI is InChI=1S/C9H14O4/c1-5(2)7-3-6(4-8(10)11)9(12)13-7/h5-7H,3-4H2,1-2H3,(H,10,11). The zero-order valence-electron chi connectivity index (χ0n) is 7.82. The maximum absolute atomic E-state index is 11.1. The van der Waals surface area contributed by atoms with Gasteiger partial charge in [-0.15, -0.1) is 0 Å². The topological polar surface area (TPSA) is 63.6 Å². The summed E-state index contributed by atoms with van der Waals surface area (Å²) in [5, 5.41) is 8.51. The van der Waals surface area contributed by atoms with E-state index in [0.29, 0.717) is 6.42 Å². The van der Waals surface area contributed by atoms with Gasteiger partial charge in [0.25, 0.3) is 0 Å². The van der Waals surface area contributed by atoms with Gasteiger partial charge in [-0.3, -0.25) is 9.59 Å². The van der Waals surface area contributed by atoms with Crippen molar-refractivity contribution in [3.8, 4) is 0 Å². The molecule has 0 aliphatic carbocycles. The Morgan fingerprint density at radius 3 is 2.69 bits per heavy atom. The van der Waals surface area contributed by atoms with E-state index in [0.717, 1.165) is 0 Å². The number of ether oxygens (including phenoxy) is 1. The van der Waals surface area contributed by atoms with Crippen molar-refractivity contribution in [2.24, 2.45) is 11.8 Å². The average molecular weight is 186 g/mol. The molecule has 2 unspecified atom stereocenters. The highest BCUT2D eigenvalue weighted by Crippen LogP contribution is 2.28. The van der Waals surface area contributed by atoms with Gasteiger partial charge in [0.05, 0.1) is 12.3 Å². The minimum atomic E-state index is -0.939. The molecular weight excluding hydrogens is 172 g/mol. The molecule has 0 aromatic rings. The summed E-state index contributed by atoms with van der Waals surface area (Å²) in [6, 6.07) is 0. The fourth-order valence-corrected chi connectivity index (χ4v) is 1.46. The van der Waals surface area contributed by atoms with E-state index >= 15 is 0 Å². The summed E-state index contributed by atoms with van der Waals surface area (Å²) in [4.78, 5) is 21.5. The van der Waals surface area contributed by atoms with Crippen molar-refractivity contribution < 1.29 is 19.4 Å². The highest BCUT2D eigenvalue weighted by atomic mass is 16.6. The monoisotopic (exact) mass is 186 g/mol. The number of aliphatic carboxylic acids is 1. The summed E-state index contributed by atoms with van der Waals surface area (Å²) < 4.78 is 5.03. The highest BCUT2D eigenvalue weighted by Gasteiger charge is 2.36. The molecule has 1 rings (SSSR count). The highest BCUT2D eigenvalue weighted by molar-refractivity contribution is 5.80. The third-order valence-electron chi connectivity index (χ3n) is 2.28. The molecule has 1 heterocycles. The lowest BCUT2D eigenvalue weighted by atomic mass is 9.96. The van der Waals surface area contributed by atoms with Gasteiger partial charge in [0.15, 0.2) is 0 Å². The molecule has 4 heteroatoms. The molecule has 13 heavy (non-hydrogen) atoms. The molecule has 1 N–H and O–H groups in total. The number of carboxylic acid groups (broad SMARTS) is 1. The summed E-state index contributed by atoms with van der Waals surface area (Å²) in [6.45, 7) is 3.92. The van der Waals surface area contributed by atoms with Crippen LogP contribution in [0, 0.1) is 11.8 Å². The van der Waals surface area contributed by atoms with Crippen LogP contribution in [-0.4, -0.2) is 23.1 Å². The molecular formula is C9H14O4. The fourth-order valence-electron chi connectivity index (χ4n) is 1.46. The number of carbonyl (C=O) groups is 2. The Labute approximate surface area is 76.9 Å². The predicted octanol–water partition coefficient (Wildman–Crippen LogP) is 1.05. The minimum Gasteiger partial charge on any atom is -0.481 e. The number of hydrogen-bond acceptors (Lipinski definition) is 3. The molecule has 0 aromatic carbocycles. The van der Waals surface area contributed by atoms with E-state index in [1.807, 2.05) is 13.8 Å². The molecule has 74 valence electrons. The Balaban J connectivity index is 2.51. The SMILES string of the molecule is CC(C)C1CC(CC(=O)O)C(=O)O1. The number of rotatable bonds is 3. The van der Waals surface area contributed by atoms with Crippen LogP contribution in [0.5, 0.6) is 0 Å². The van der Waals surface area contributed by atoms with E-state index in [2.05, 4.69) is 0 Å². The third-order valence-corrected chi connectivity index (χ3v) is 2.28. The van der Waals surface area contributed by atoms with Crippen LogP contribution in [-0.2, 0) is 14.3 Å². The van der Waals surface area contributed by atoms with Gasteiger partial charge < -0.3 is 9.84 Å². The fraction of sp³-hybridized carbons (Fsp3) is 0.778. The molecule has 1 saturated heterocycles. The van der Waals surface area contributed by atoms with Gasteiger partial charge in [0.2, 0.25) is 0 Å². The Bertz CT molecular complexity index is 222. The molecule has 1 aliphatic rings. The van der Waals surface area contributed by atoms with Crippen LogP contribution >= 0.6 is 0 Å². The van der Waals surface area contributed by atoms with Crippen molar-refractivity contribution in [2.75, 3.05) is 0 Å². The van der Waals surface area contributed by atoms with Gasteiger partial charge in [-0.2, -0.15) is 0 Å². The summed E-state index contributed by atoms with van der Waals surface area (Å²) in [7, 11) is 0. The molecule has 0 bridgehead atoms. The third kappa shape index (κ3) is 2.44. The van der Waals surface area contributed by atoms with Crippen molar-refractivity contribution in [2.45, 2.75) is 32.8 Å². The van der Waals surface area contributed by atoms with Crippen molar-refractivity contribution >= 4 is 11.9 Å². The average Bonchev–Trinajstić information content (AvgIpc) is 2.31. The van der Waals surface area contributed by atoms with Gasteiger partial charge >= 0.3 is 11.9 Å². The van der Waals surface area contributed by atoms with Gasteiger partial charge in [0.1, 0.15) is 6.10 Å². The van der Waals surface area contributed by atoms with Crippen molar-refractivity contribution in [1.29, 1.82) is 0 Å². The maximum Gasteiger partial charge on any atom is 0.309 e. The lowest BCUT2D eigenvalue weighted by Gasteiger charge is -2.11. The minimum absolute atomic E-state index is 0.100. The summed E-state index contributed by atoms with van der Waals surface area (Å²) in [5.41, 5.74) is 0. The van der Waals surface area contributed by atoms with E-state index < -0.39 is 11.9 Å². The second kappa shape index (κ2) is 3.77. The van der Waals surface area contributed by atoms with Crippen LogP contribution < -0.4 is 0 Å². The zero-order valence-corrected chi connectivity index (χ0v) is 7.82. The first kappa shape index (κ1) is 10.0. The van der Waals surface area contributed by atoms with Crippen LogP contribution in [0.3, 0.4) is 0 Å². The van der Waals surface area contributed by atoms with Gasteiger partial charge in [-0.05, 0) is 12.3 Å². The maximum atomic E-state index is 11.1. The van der Waals surface area contributed by atoms with E-state index in [9.17, 15) is 9.59 Å². The predicted molar refractivity (Wildman–Crippen MR) is 45.1 cm³/mol. The Morgan fingerprint density at radius 1 is 1.69 bits per heavy atom. The molecule has 1 aliphatic heterocycles. The van der Waals surface area contributed by atoms with Gasteiger partial charge in [0, 0.05) is 0 Å². The number of carbonyl (C=O) groups excluding carboxylic acids is 1. The first-order valence-electron chi connectivity index (χ1n) is 4.43. The molecule has 4 nitrogen and oxygen atoms in total. The van der Waals surface area contributed by atoms with Crippen LogP contribution in [0.25, 0.3) is 0 Å². The summed E-state index contributed by atoms with van der Waals surface area (Å²) in [6.07, 6.45) is 0.335. The van der Waals surface area contributed by atoms with Gasteiger partial charge in [-0.1, -0.05) is 13.8 Å². The summed E-state index contributed by atoms with van der Waals surface area (Å²) >= 11 is 0. The normalized spacial score (nSPS) is 27.8. The van der Waals surface area contributed by atoms with E-state index in [1.165, 1.54) is 0 Å².